The van der Waals surface area contributed by atoms with Gasteiger partial charge in [0, 0.05) is 6.42 Å². The Hall–Kier alpha value is -0.570. The summed E-state index contributed by atoms with van der Waals surface area (Å²) >= 11 is 0. The van der Waals surface area contributed by atoms with Crippen LogP contribution in [0.5, 0.6) is 0 Å². The van der Waals surface area contributed by atoms with Gasteiger partial charge in [0.2, 0.25) is 5.91 Å². The van der Waals surface area contributed by atoms with Crippen molar-refractivity contribution >= 4 is 5.91 Å². The van der Waals surface area contributed by atoms with Gasteiger partial charge in [-0.2, -0.15) is 0 Å². The molecule has 96 valence electrons. The maximum absolute atomic E-state index is 10.6. The molecule has 0 unspecified atom stereocenters. The van der Waals surface area contributed by atoms with Crippen LogP contribution in [0.2, 0.25) is 0 Å². The summed E-state index contributed by atoms with van der Waals surface area (Å²) < 4.78 is 0. The number of nitrogens with one attached hydrogen (secondary N) is 1. The SMILES string of the molecule is CC(C)CCCCCCCCCC(=O)N[O-]. The second kappa shape index (κ2) is 10.9. The summed E-state index contributed by atoms with van der Waals surface area (Å²) in [6, 6.07) is 0. The number of amides is 1. The molecule has 0 aliphatic rings. The lowest BCUT2D eigenvalue weighted by Gasteiger charge is -2.06. The number of carbonyl (C=O) groups excluding carboxylic acids is 1. The molecule has 0 aliphatic carbocycles. The van der Waals surface area contributed by atoms with Gasteiger partial charge in [-0.3, -0.25) is 4.79 Å². The molecule has 0 saturated heterocycles. The highest BCUT2D eigenvalue weighted by Gasteiger charge is 1.97. The van der Waals surface area contributed by atoms with Crippen molar-refractivity contribution in [2.75, 3.05) is 0 Å². The van der Waals surface area contributed by atoms with Crippen molar-refractivity contribution in [2.24, 2.45) is 5.92 Å². The number of hydroxylamine groups is 1. The molecule has 0 bridgehead atoms. The molecule has 3 heteroatoms. The fourth-order valence-corrected chi connectivity index (χ4v) is 1.77. The van der Waals surface area contributed by atoms with Crippen molar-refractivity contribution in [1.29, 1.82) is 0 Å². The first kappa shape index (κ1) is 15.4. The average molecular weight is 228 g/mol. The number of hydrogen-bond acceptors (Lipinski definition) is 2. The van der Waals surface area contributed by atoms with Crippen molar-refractivity contribution in [3.8, 4) is 0 Å². The highest BCUT2D eigenvalue weighted by molar-refractivity contribution is 5.76. The third-order valence-corrected chi connectivity index (χ3v) is 2.80. The molecule has 3 nitrogen and oxygen atoms in total. The Balaban J connectivity index is 3.01. The predicted octanol–water partition coefficient (Wildman–Crippen LogP) is 3.77. The van der Waals surface area contributed by atoms with Crippen LogP contribution in [0.1, 0.15) is 71.6 Å². The largest absolute Gasteiger partial charge is 0.759 e. The van der Waals surface area contributed by atoms with Crippen LogP contribution in [-0.4, -0.2) is 5.91 Å². The summed E-state index contributed by atoms with van der Waals surface area (Å²) in [5, 5.41) is 9.92. The standard InChI is InChI=1S/C13H26NO2/c1-12(2)10-8-6-4-3-5-7-9-11-13(15)14-16/h12H,3-11H2,1-2H3,(H-,14,15,16)/q-1. The zero-order chi connectivity index (χ0) is 12.2. The van der Waals surface area contributed by atoms with Crippen LogP contribution < -0.4 is 5.48 Å². The molecule has 1 amide bonds. The third kappa shape index (κ3) is 11.5. The zero-order valence-electron chi connectivity index (χ0n) is 10.8. The molecule has 0 aromatic carbocycles. The summed E-state index contributed by atoms with van der Waals surface area (Å²) in [6.45, 7) is 4.53. The minimum atomic E-state index is -0.378. The Morgan fingerprint density at radius 1 is 1.00 bits per heavy atom. The normalized spacial score (nSPS) is 10.8. The van der Waals surface area contributed by atoms with E-state index in [0.29, 0.717) is 6.42 Å². The van der Waals surface area contributed by atoms with Crippen LogP contribution in [0.4, 0.5) is 0 Å². The van der Waals surface area contributed by atoms with E-state index in [0.717, 1.165) is 18.8 Å². The van der Waals surface area contributed by atoms with Crippen LogP contribution >= 0.6 is 0 Å². The maximum Gasteiger partial charge on any atom is 0.209 e. The van der Waals surface area contributed by atoms with Gasteiger partial charge in [-0.05, 0) is 12.3 Å². The minimum Gasteiger partial charge on any atom is -0.759 e. The van der Waals surface area contributed by atoms with Crippen molar-refractivity contribution in [3.05, 3.63) is 5.21 Å². The van der Waals surface area contributed by atoms with Gasteiger partial charge < -0.3 is 10.7 Å². The number of unbranched alkanes of at least 4 members (excludes halogenated alkanes) is 6. The molecule has 0 fully saturated rings. The average Bonchev–Trinajstić information content (AvgIpc) is 2.26. The van der Waals surface area contributed by atoms with E-state index in [9.17, 15) is 10.0 Å². The zero-order valence-corrected chi connectivity index (χ0v) is 10.8. The lowest BCUT2D eigenvalue weighted by Crippen LogP contribution is -2.14. The molecule has 0 atom stereocenters. The first-order chi connectivity index (χ1) is 7.66. The molecular formula is C13H26NO2-. The van der Waals surface area contributed by atoms with Gasteiger partial charge in [-0.15, -0.1) is 0 Å². The predicted molar refractivity (Wildman–Crippen MR) is 67.9 cm³/mol. The lowest BCUT2D eigenvalue weighted by atomic mass is 10.0. The molecule has 1 N–H and O–H groups in total. The van der Waals surface area contributed by atoms with E-state index in [2.05, 4.69) is 13.8 Å². The quantitative estimate of drug-likeness (QED) is 0.457. The van der Waals surface area contributed by atoms with Crippen molar-refractivity contribution in [1.82, 2.24) is 5.48 Å². The number of hydrogen-bond donors (Lipinski definition) is 1. The monoisotopic (exact) mass is 228 g/mol. The molecule has 0 heterocycles. The summed E-state index contributed by atoms with van der Waals surface area (Å²) in [5.41, 5.74) is 1.41. The lowest BCUT2D eigenvalue weighted by molar-refractivity contribution is -0.120. The van der Waals surface area contributed by atoms with Crippen LogP contribution in [0.15, 0.2) is 0 Å². The van der Waals surface area contributed by atoms with Crippen LogP contribution in [0, 0.1) is 11.1 Å². The molecule has 0 spiro atoms. The van der Waals surface area contributed by atoms with Gasteiger partial charge in [0.15, 0.2) is 0 Å². The van der Waals surface area contributed by atoms with E-state index < -0.39 is 0 Å². The molecule has 0 aromatic rings. The Kier molecular flexibility index (Phi) is 10.5. The molecule has 0 rings (SSSR count). The Labute approximate surface area is 99.6 Å². The van der Waals surface area contributed by atoms with Crippen LogP contribution in [0.25, 0.3) is 0 Å². The highest BCUT2D eigenvalue weighted by atomic mass is 16.5. The molecule has 0 aromatic heterocycles. The topological polar surface area (TPSA) is 52.2 Å². The minimum absolute atomic E-state index is 0.378. The van der Waals surface area contributed by atoms with Gasteiger partial charge in [0.05, 0.1) is 0 Å². The van der Waals surface area contributed by atoms with Crippen molar-refractivity contribution in [3.63, 3.8) is 0 Å². The maximum atomic E-state index is 10.6. The van der Waals surface area contributed by atoms with Crippen molar-refractivity contribution in [2.45, 2.75) is 71.6 Å². The van der Waals surface area contributed by atoms with Crippen LogP contribution in [-0.2, 0) is 4.79 Å². The summed E-state index contributed by atoms with van der Waals surface area (Å²) in [7, 11) is 0. The molecular weight excluding hydrogens is 202 g/mol. The Morgan fingerprint density at radius 2 is 1.50 bits per heavy atom. The Bertz CT molecular complexity index is 169. The first-order valence-electron chi connectivity index (χ1n) is 6.57. The number of carbonyl (C=O) groups is 1. The molecule has 0 saturated carbocycles. The van der Waals surface area contributed by atoms with Gasteiger partial charge in [-0.1, -0.05) is 58.8 Å². The smallest absolute Gasteiger partial charge is 0.209 e. The van der Waals surface area contributed by atoms with Gasteiger partial charge in [-0.25, -0.2) is 0 Å². The molecule has 16 heavy (non-hydrogen) atoms. The summed E-state index contributed by atoms with van der Waals surface area (Å²) in [4.78, 5) is 10.6. The second-order valence-electron chi connectivity index (χ2n) is 4.93. The fourth-order valence-electron chi connectivity index (χ4n) is 1.77. The number of rotatable bonds is 10. The van der Waals surface area contributed by atoms with E-state index in [4.69, 9.17) is 0 Å². The van der Waals surface area contributed by atoms with Gasteiger partial charge in [0.1, 0.15) is 0 Å². The van der Waals surface area contributed by atoms with E-state index >= 15 is 0 Å². The fraction of sp³-hybridized carbons (Fsp3) is 0.923. The molecule has 0 aliphatic heterocycles. The molecule has 0 radical (unpaired) electrons. The highest BCUT2D eigenvalue weighted by Crippen LogP contribution is 2.12. The van der Waals surface area contributed by atoms with Gasteiger partial charge >= 0.3 is 0 Å². The van der Waals surface area contributed by atoms with Gasteiger partial charge in [0.25, 0.3) is 0 Å². The van der Waals surface area contributed by atoms with Crippen molar-refractivity contribution < 1.29 is 4.79 Å². The Morgan fingerprint density at radius 3 is 2.00 bits per heavy atom. The van der Waals surface area contributed by atoms with Crippen LogP contribution in [0.3, 0.4) is 0 Å². The summed E-state index contributed by atoms with van der Waals surface area (Å²) in [5.74, 6) is 0.447. The van der Waals surface area contributed by atoms with E-state index in [1.54, 1.807) is 0 Å². The summed E-state index contributed by atoms with van der Waals surface area (Å²) in [6.07, 6.45) is 10.1. The third-order valence-electron chi connectivity index (χ3n) is 2.80. The van der Waals surface area contributed by atoms with E-state index in [1.165, 1.54) is 44.0 Å². The van der Waals surface area contributed by atoms with E-state index in [1.807, 2.05) is 0 Å². The second-order valence-corrected chi connectivity index (χ2v) is 4.93. The first-order valence-corrected chi connectivity index (χ1v) is 6.57. The van der Waals surface area contributed by atoms with E-state index in [-0.39, 0.29) is 5.91 Å².